The first-order valence-electron chi connectivity index (χ1n) is 7.91. The summed E-state index contributed by atoms with van der Waals surface area (Å²) in [7, 11) is 0. The van der Waals surface area contributed by atoms with Gasteiger partial charge in [-0.25, -0.2) is 0 Å². The summed E-state index contributed by atoms with van der Waals surface area (Å²) >= 11 is 3.48. The van der Waals surface area contributed by atoms with E-state index in [1.165, 1.54) is 76.0 Å². The van der Waals surface area contributed by atoms with Crippen LogP contribution in [0, 0.1) is 5.41 Å². The second-order valence-corrected chi connectivity index (χ2v) is 7.03. The SMILES string of the molecule is CC1(COCCCCCCCCCCBr)CCC1. The lowest BCUT2D eigenvalue weighted by atomic mass is 9.71. The van der Waals surface area contributed by atoms with E-state index >= 15 is 0 Å². The number of halogens is 1. The minimum absolute atomic E-state index is 0.537. The third kappa shape index (κ3) is 7.78. The van der Waals surface area contributed by atoms with E-state index in [0.29, 0.717) is 5.41 Å². The summed E-state index contributed by atoms with van der Waals surface area (Å²) in [6.07, 6.45) is 15.2. The lowest BCUT2D eigenvalue weighted by molar-refractivity contribution is 0.00546. The molecule has 0 heterocycles. The molecule has 0 amide bonds. The van der Waals surface area contributed by atoms with Gasteiger partial charge in [-0.3, -0.25) is 0 Å². The van der Waals surface area contributed by atoms with Crippen LogP contribution in [0.2, 0.25) is 0 Å². The predicted octanol–water partition coefficient (Wildman–Crippen LogP) is 5.71. The predicted molar refractivity (Wildman–Crippen MR) is 83.5 cm³/mol. The topological polar surface area (TPSA) is 9.23 Å². The van der Waals surface area contributed by atoms with Gasteiger partial charge >= 0.3 is 0 Å². The fourth-order valence-corrected chi connectivity index (χ4v) is 3.00. The van der Waals surface area contributed by atoms with Gasteiger partial charge in [0, 0.05) is 11.9 Å². The first-order valence-corrected chi connectivity index (χ1v) is 9.03. The monoisotopic (exact) mass is 318 g/mol. The maximum atomic E-state index is 5.80. The summed E-state index contributed by atoms with van der Waals surface area (Å²) in [5.74, 6) is 0. The Morgan fingerprint density at radius 1 is 0.889 bits per heavy atom. The molecule has 1 nitrogen and oxygen atoms in total. The van der Waals surface area contributed by atoms with Crippen LogP contribution in [0.15, 0.2) is 0 Å². The maximum Gasteiger partial charge on any atom is 0.0519 e. The van der Waals surface area contributed by atoms with Crippen LogP contribution in [0.4, 0.5) is 0 Å². The van der Waals surface area contributed by atoms with Crippen molar-refractivity contribution in [2.24, 2.45) is 5.41 Å². The molecular formula is C16H31BrO. The number of rotatable bonds is 12. The highest BCUT2D eigenvalue weighted by molar-refractivity contribution is 9.09. The zero-order valence-corrected chi connectivity index (χ0v) is 13.8. The summed E-state index contributed by atoms with van der Waals surface area (Å²) < 4.78 is 5.80. The number of ether oxygens (including phenoxy) is 1. The smallest absolute Gasteiger partial charge is 0.0519 e. The largest absolute Gasteiger partial charge is 0.381 e. The van der Waals surface area contributed by atoms with E-state index in [1.54, 1.807) is 0 Å². The van der Waals surface area contributed by atoms with Crippen LogP contribution < -0.4 is 0 Å². The van der Waals surface area contributed by atoms with Gasteiger partial charge in [-0.1, -0.05) is 67.8 Å². The maximum absolute atomic E-state index is 5.80. The van der Waals surface area contributed by atoms with Gasteiger partial charge in [-0.15, -0.1) is 0 Å². The van der Waals surface area contributed by atoms with Crippen LogP contribution in [0.25, 0.3) is 0 Å². The molecule has 2 heteroatoms. The van der Waals surface area contributed by atoms with Crippen LogP contribution in [-0.4, -0.2) is 18.5 Å². The van der Waals surface area contributed by atoms with E-state index in [1.807, 2.05) is 0 Å². The van der Waals surface area contributed by atoms with Crippen molar-refractivity contribution in [1.82, 2.24) is 0 Å². The van der Waals surface area contributed by atoms with Gasteiger partial charge in [0.25, 0.3) is 0 Å². The molecule has 0 spiro atoms. The van der Waals surface area contributed by atoms with Gasteiger partial charge < -0.3 is 4.74 Å². The summed E-state index contributed by atoms with van der Waals surface area (Å²) in [4.78, 5) is 0. The molecule has 0 atom stereocenters. The molecule has 0 aliphatic heterocycles. The van der Waals surface area contributed by atoms with Gasteiger partial charge in [-0.05, 0) is 31.1 Å². The van der Waals surface area contributed by atoms with Crippen molar-refractivity contribution in [3.63, 3.8) is 0 Å². The lowest BCUT2D eigenvalue weighted by Crippen LogP contribution is -2.31. The van der Waals surface area contributed by atoms with Crippen molar-refractivity contribution in [2.45, 2.75) is 77.6 Å². The molecule has 1 rings (SSSR count). The van der Waals surface area contributed by atoms with E-state index in [9.17, 15) is 0 Å². The molecule has 18 heavy (non-hydrogen) atoms. The highest BCUT2D eigenvalue weighted by atomic mass is 79.9. The first-order chi connectivity index (χ1) is 8.77. The van der Waals surface area contributed by atoms with Crippen molar-refractivity contribution >= 4 is 15.9 Å². The van der Waals surface area contributed by atoms with E-state index in [4.69, 9.17) is 4.74 Å². The Morgan fingerprint density at radius 2 is 1.44 bits per heavy atom. The highest BCUT2D eigenvalue weighted by Crippen LogP contribution is 2.40. The van der Waals surface area contributed by atoms with Crippen LogP contribution in [0.5, 0.6) is 0 Å². The summed E-state index contributed by atoms with van der Waals surface area (Å²) in [6.45, 7) is 4.35. The van der Waals surface area contributed by atoms with Crippen LogP contribution in [-0.2, 0) is 4.74 Å². The molecule has 1 aliphatic rings. The first kappa shape index (κ1) is 16.5. The lowest BCUT2D eigenvalue weighted by Gasteiger charge is -2.37. The molecule has 0 aromatic heterocycles. The van der Waals surface area contributed by atoms with Crippen molar-refractivity contribution in [1.29, 1.82) is 0 Å². The van der Waals surface area contributed by atoms with E-state index in [0.717, 1.165) is 13.2 Å². The van der Waals surface area contributed by atoms with Crippen molar-refractivity contribution in [3.05, 3.63) is 0 Å². The molecule has 108 valence electrons. The third-order valence-corrected chi connectivity index (χ3v) is 4.74. The van der Waals surface area contributed by atoms with Crippen LogP contribution in [0.3, 0.4) is 0 Å². The average molecular weight is 319 g/mol. The Hall–Kier alpha value is 0.440. The zero-order chi connectivity index (χ0) is 13.1. The second kappa shape index (κ2) is 10.3. The van der Waals surface area contributed by atoms with Crippen molar-refractivity contribution < 1.29 is 4.74 Å². The minimum atomic E-state index is 0.537. The summed E-state index contributed by atoms with van der Waals surface area (Å²) in [6, 6.07) is 0. The molecule has 0 saturated heterocycles. The summed E-state index contributed by atoms with van der Waals surface area (Å²) in [5.41, 5.74) is 0.537. The Labute approximate surface area is 122 Å². The number of alkyl halides is 1. The molecule has 0 bridgehead atoms. The van der Waals surface area contributed by atoms with Gasteiger partial charge in [0.1, 0.15) is 0 Å². The highest BCUT2D eigenvalue weighted by Gasteiger charge is 2.31. The van der Waals surface area contributed by atoms with Crippen LogP contribution >= 0.6 is 15.9 Å². The summed E-state index contributed by atoms with van der Waals surface area (Å²) in [5, 5.41) is 1.17. The molecule has 1 fully saturated rings. The number of hydrogen-bond donors (Lipinski definition) is 0. The van der Waals surface area contributed by atoms with Crippen LogP contribution in [0.1, 0.15) is 77.6 Å². The Kier molecular flexibility index (Phi) is 9.40. The Bertz CT molecular complexity index is 190. The van der Waals surface area contributed by atoms with Crippen molar-refractivity contribution in [3.8, 4) is 0 Å². The Morgan fingerprint density at radius 3 is 1.94 bits per heavy atom. The van der Waals surface area contributed by atoms with Gasteiger partial charge in [0.15, 0.2) is 0 Å². The van der Waals surface area contributed by atoms with Gasteiger partial charge in [0.2, 0.25) is 0 Å². The molecule has 0 unspecified atom stereocenters. The van der Waals surface area contributed by atoms with Gasteiger partial charge in [0.05, 0.1) is 6.61 Å². The molecule has 0 N–H and O–H groups in total. The number of unbranched alkanes of at least 4 members (excludes halogenated alkanes) is 7. The molecular weight excluding hydrogens is 288 g/mol. The molecule has 0 aromatic carbocycles. The average Bonchev–Trinajstić information content (AvgIpc) is 2.34. The van der Waals surface area contributed by atoms with E-state index < -0.39 is 0 Å². The van der Waals surface area contributed by atoms with E-state index in [2.05, 4.69) is 22.9 Å². The fraction of sp³-hybridized carbons (Fsp3) is 1.00. The zero-order valence-electron chi connectivity index (χ0n) is 12.2. The normalized spacial score (nSPS) is 17.7. The molecule has 0 radical (unpaired) electrons. The van der Waals surface area contributed by atoms with E-state index in [-0.39, 0.29) is 0 Å². The Balaban J connectivity index is 1.71. The third-order valence-electron chi connectivity index (χ3n) is 4.18. The minimum Gasteiger partial charge on any atom is -0.381 e. The van der Waals surface area contributed by atoms with Crippen molar-refractivity contribution in [2.75, 3.05) is 18.5 Å². The molecule has 0 aromatic rings. The second-order valence-electron chi connectivity index (χ2n) is 6.23. The molecule has 1 saturated carbocycles. The fourth-order valence-electron chi connectivity index (χ4n) is 2.60. The quantitative estimate of drug-likeness (QED) is 0.331. The molecule has 1 aliphatic carbocycles. The standard InChI is InChI=1S/C16H31BrO/c1-16(11-10-12-16)15-18-14-9-7-5-3-2-4-6-8-13-17/h2-15H2,1H3. The van der Waals surface area contributed by atoms with Gasteiger partial charge in [-0.2, -0.15) is 0 Å². The number of hydrogen-bond acceptors (Lipinski definition) is 1.